The van der Waals surface area contributed by atoms with Crippen LogP contribution in [0.1, 0.15) is 19.3 Å². The lowest BCUT2D eigenvalue weighted by Gasteiger charge is -2.36. The van der Waals surface area contributed by atoms with E-state index in [1.54, 1.807) is 0 Å². The van der Waals surface area contributed by atoms with Crippen LogP contribution in [0.15, 0.2) is 27.6 Å². The molecule has 18 heavy (non-hydrogen) atoms. The van der Waals surface area contributed by atoms with Crippen molar-refractivity contribution in [3.8, 4) is 0 Å². The Hall–Kier alpha value is -0.950. The zero-order valence-corrected chi connectivity index (χ0v) is 11.6. The predicted molar refractivity (Wildman–Crippen MR) is 65.5 cm³/mol. The largest absolute Gasteiger partial charge is 0.480 e. The molecule has 7 heteroatoms. The summed E-state index contributed by atoms with van der Waals surface area (Å²) in [5.41, 5.74) is 0. The van der Waals surface area contributed by atoms with Gasteiger partial charge in [-0.3, -0.25) is 4.79 Å². The molecule has 1 N–H and O–H groups in total. The van der Waals surface area contributed by atoms with Crippen LogP contribution < -0.4 is 0 Å². The van der Waals surface area contributed by atoms with Crippen molar-refractivity contribution in [2.45, 2.75) is 28.9 Å². The zero-order valence-electron chi connectivity index (χ0n) is 9.19. The van der Waals surface area contributed by atoms with E-state index in [-0.39, 0.29) is 12.8 Å². The molecule has 1 saturated carbocycles. The van der Waals surface area contributed by atoms with Crippen LogP contribution in [0.25, 0.3) is 0 Å². The molecule has 98 valence electrons. The minimum absolute atomic E-state index is 0.0244. The second-order valence-corrected chi connectivity index (χ2v) is 7.38. The van der Waals surface area contributed by atoms with Crippen molar-refractivity contribution in [2.75, 3.05) is 0 Å². The third-order valence-electron chi connectivity index (χ3n) is 3.25. The van der Waals surface area contributed by atoms with Crippen molar-refractivity contribution in [1.29, 1.82) is 0 Å². The summed E-state index contributed by atoms with van der Waals surface area (Å²) in [5.74, 6) is -2.33. The molecule has 1 fully saturated rings. The molecule has 1 aromatic carbocycles. The van der Waals surface area contributed by atoms with Gasteiger partial charge in [0.1, 0.15) is 10.7 Å². The minimum Gasteiger partial charge on any atom is -0.480 e. The van der Waals surface area contributed by atoms with E-state index < -0.39 is 31.3 Å². The fraction of sp³-hybridized carbons (Fsp3) is 0.364. The Bertz CT molecular complexity index is 607. The number of rotatable bonds is 3. The monoisotopic (exact) mass is 336 g/mol. The van der Waals surface area contributed by atoms with Crippen LogP contribution in [0, 0.1) is 5.82 Å². The molecule has 0 saturated heterocycles. The third kappa shape index (κ3) is 1.76. The van der Waals surface area contributed by atoms with E-state index in [1.165, 1.54) is 6.07 Å². The van der Waals surface area contributed by atoms with Crippen LogP contribution >= 0.6 is 15.9 Å². The molecule has 0 radical (unpaired) electrons. The maximum absolute atomic E-state index is 13.6. The summed E-state index contributed by atoms with van der Waals surface area (Å²) in [5, 5.41) is 9.13. The summed E-state index contributed by atoms with van der Waals surface area (Å²) in [6.07, 6.45) is 0.564. The molecule has 0 atom stereocenters. The van der Waals surface area contributed by atoms with E-state index in [0.717, 1.165) is 12.1 Å². The smallest absolute Gasteiger partial charge is 0.325 e. The highest BCUT2D eigenvalue weighted by Crippen LogP contribution is 2.43. The number of benzene rings is 1. The lowest BCUT2D eigenvalue weighted by Crippen LogP contribution is -2.52. The number of sulfone groups is 1. The van der Waals surface area contributed by atoms with Crippen LogP contribution in [0.2, 0.25) is 0 Å². The summed E-state index contributed by atoms with van der Waals surface area (Å²) in [4.78, 5) is 10.6. The standard InChI is InChI=1S/C11H10BrFO4S/c12-7-2-3-8(13)9(6-7)18(16,17)11(10(14)15)4-1-5-11/h2-3,6H,1,4-5H2,(H,14,15). The first-order valence-electron chi connectivity index (χ1n) is 5.24. The minimum atomic E-state index is -4.22. The van der Waals surface area contributed by atoms with E-state index in [0.29, 0.717) is 10.9 Å². The molecular weight excluding hydrogens is 327 g/mol. The number of hydrogen-bond donors (Lipinski definition) is 1. The van der Waals surface area contributed by atoms with Crippen molar-refractivity contribution in [3.05, 3.63) is 28.5 Å². The summed E-state index contributed by atoms with van der Waals surface area (Å²) in [6.45, 7) is 0. The Balaban J connectivity index is 2.62. The Morgan fingerprint density at radius 2 is 2.00 bits per heavy atom. The molecule has 0 heterocycles. The van der Waals surface area contributed by atoms with Gasteiger partial charge in [0.25, 0.3) is 0 Å². The maximum Gasteiger partial charge on any atom is 0.325 e. The van der Waals surface area contributed by atoms with Crippen LogP contribution in [0.5, 0.6) is 0 Å². The average molecular weight is 337 g/mol. The van der Waals surface area contributed by atoms with Gasteiger partial charge in [-0.1, -0.05) is 15.9 Å². The molecule has 0 bridgehead atoms. The first-order valence-corrected chi connectivity index (χ1v) is 7.52. The van der Waals surface area contributed by atoms with Gasteiger partial charge in [-0.2, -0.15) is 0 Å². The van der Waals surface area contributed by atoms with E-state index in [4.69, 9.17) is 5.11 Å². The molecular formula is C11H10BrFO4S. The number of carboxylic acids is 1. The molecule has 1 aromatic rings. The van der Waals surface area contributed by atoms with E-state index in [9.17, 15) is 17.6 Å². The molecule has 0 aliphatic heterocycles. The highest BCUT2D eigenvalue weighted by Gasteiger charge is 2.56. The topological polar surface area (TPSA) is 71.4 Å². The summed E-state index contributed by atoms with van der Waals surface area (Å²) in [7, 11) is -4.22. The van der Waals surface area contributed by atoms with Crippen molar-refractivity contribution in [3.63, 3.8) is 0 Å². The van der Waals surface area contributed by atoms with Gasteiger partial charge in [-0.25, -0.2) is 12.8 Å². The lowest BCUT2D eigenvalue weighted by molar-refractivity contribution is -0.142. The van der Waals surface area contributed by atoms with Gasteiger partial charge in [0.15, 0.2) is 14.6 Å². The highest BCUT2D eigenvalue weighted by atomic mass is 79.9. The van der Waals surface area contributed by atoms with Crippen LogP contribution in [0.4, 0.5) is 4.39 Å². The van der Waals surface area contributed by atoms with Gasteiger partial charge in [-0.15, -0.1) is 0 Å². The van der Waals surface area contributed by atoms with Crippen molar-refractivity contribution >= 4 is 31.7 Å². The Kier molecular flexibility index (Phi) is 3.23. The van der Waals surface area contributed by atoms with Gasteiger partial charge in [0.2, 0.25) is 0 Å². The Morgan fingerprint density at radius 3 is 2.44 bits per heavy atom. The molecule has 0 unspecified atom stereocenters. The highest BCUT2D eigenvalue weighted by molar-refractivity contribution is 9.10. The zero-order chi connectivity index (χ0) is 13.6. The maximum atomic E-state index is 13.6. The molecule has 0 spiro atoms. The SMILES string of the molecule is O=C(O)C1(S(=O)(=O)c2cc(Br)ccc2F)CCC1. The third-order valence-corrected chi connectivity index (χ3v) is 6.24. The van der Waals surface area contributed by atoms with Gasteiger partial charge in [0.05, 0.1) is 0 Å². The summed E-state index contributed by atoms with van der Waals surface area (Å²) >= 11 is 3.05. The Morgan fingerprint density at radius 1 is 1.39 bits per heavy atom. The van der Waals surface area contributed by atoms with Crippen molar-refractivity contribution in [2.24, 2.45) is 0 Å². The van der Waals surface area contributed by atoms with Gasteiger partial charge < -0.3 is 5.11 Å². The fourth-order valence-electron chi connectivity index (χ4n) is 1.99. The second kappa shape index (κ2) is 4.31. The summed E-state index contributed by atoms with van der Waals surface area (Å²) in [6, 6.07) is 3.47. The van der Waals surface area contributed by atoms with E-state index in [2.05, 4.69) is 15.9 Å². The number of carbonyl (C=O) groups is 1. The van der Waals surface area contributed by atoms with Crippen LogP contribution in [0.3, 0.4) is 0 Å². The first-order chi connectivity index (χ1) is 8.31. The molecule has 2 rings (SSSR count). The first kappa shape index (κ1) is 13.5. The number of carboxylic acid groups (broad SMARTS) is 1. The number of aliphatic carboxylic acids is 1. The average Bonchev–Trinajstić information content (AvgIpc) is 2.18. The van der Waals surface area contributed by atoms with Crippen LogP contribution in [-0.2, 0) is 14.6 Å². The van der Waals surface area contributed by atoms with Gasteiger partial charge >= 0.3 is 5.97 Å². The fourth-order valence-corrected chi connectivity index (χ4v) is 4.59. The van der Waals surface area contributed by atoms with E-state index >= 15 is 0 Å². The van der Waals surface area contributed by atoms with Crippen LogP contribution in [-0.4, -0.2) is 24.2 Å². The summed E-state index contributed by atoms with van der Waals surface area (Å²) < 4.78 is 36.8. The molecule has 0 amide bonds. The number of halogens is 2. The quantitative estimate of drug-likeness (QED) is 0.919. The van der Waals surface area contributed by atoms with Gasteiger partial charge in [0, 0.05) is 4.47 Å². The molecule has 0 aromatic heterocycles. The normalized spacial score (nSPS) is 18.1. The van der Waals surface area contributed by atoms with E-state index in [1.807, 2.05) is 0 Å². The van der Waals surface area contributed by atoms with Crippen molar-refractivity contribution in [1.82, 2.24) is 0 Å². The second-order valence-electron chi connectivity index (χ2n) is 4.23. The predicted octanol–water partition coefficient (Wildman–Crippen LogP) is 2.37. The molecule has 1 aliphatic rings. The van der Waals surface area contributed by atoms with Crippen molar-refractivity contribution < 1.29 is 22.7 Å². The van der Waals surface area contributed by atoms with Gasteiger partial charge in [-0.05, 0) is 37.5 Å². The molecule has 4 nitrogen and oxygen atoms in total. The number of hydrogen-bond acceptors (Lipinski definition) is 3. The Labute approximate surface area is 112 Å². The molecule has 1 aliphatic carbocycles. The lowest BCUT2D eigenvalue weighted by atomic mass is 9.84.